The number of hydrogen-bond acceptors (Lipinski definition) is 17. The third kappa shape index (κ3) is 6.68. The minimum atomic E-state index is -1.66. The molecule has 18 nitrogen and oxygen atoms in total. The van der Waals surface area contributed by atoms with E-state index in [1.807, 2.05) is 0 Å². The highest BCUT2D eigenvalue weighted by molar-refractivity contribution is 5.78. The van der Waals surface area contributed by atoms with Gasteiger partial charge >= 0.3 is 0 Å². The summed E-state index contributed by atoms with van der Waals surface area (Å²) in [5, 5.41) is 58.0. The zero-order valence-electron chi connectivity index (χ0n) is 22.7. The normalized spacial score (nSPS) is 50.7. The van der Waals surface area contributed by atoms with E-state index in [0.717, 1.165) is 0 Å². The molecule has 0 spiro atoms. The van der Waals surface area contributed by atoms with Crippen molar-refractivity contribution in [3.05, 3.63) is 0 Å². The molecule has 17 N–H and O–H groups in total. The molecule has 1 saturated carbocycles. The number of likely N-dealkylation sites (N-methyl/N-ethyl adjacent to an activating group) is 1. The number of hydrogen-bond donors (Lipinski definition) is 12. The van der Waals surface area contributed by atoms with E-state index in [1.165, 1.54) is 0 Å². The predicted octanol–water partition coefficient (Wildman–Crippen LogP) is -7.87. The van der Waals surface area contributed by atoms with Crippen molar-refractivity contribution in [1.29, 1.82) is 0 Å². The molecule has 4 fully saturated rings. The van der Waals surface area contributed by atoms with E-state index in [2.05, 4.69) is 10.6 Å². The third-order valence-electron chi connectivity index (χ3n) is 8.29. The predicted molar refractivity (Wildman–Crippen MR) is 138 cm³/mol. The van der Waals surface area contributed by atoms with Gasteiger partial charge < -0.3 is 88.5 Å². The highest BCUT2D eigenvalue weighted by Crippen LogP contribution is 2.35. The number of fused-ring (bicyclic) bond motifs is 1. The Hall–Kier alpha value is -1.17. The summed E-state index contributed by atoms with van der Waals surface area (Å²) in [6.45, 7) is -0.987. The van der Waals surface area contributed by atoms with Crippen molar-refractivity contribution in [2.45, 2.75) is 117 Å². The second kappa shape index (κ2) is 13.6. The highest BCUT2D eigenvalue weighted by Gasteiger charge is 2.54. The van der Waals surface area contributed by atoms with Crippen LogP contribution >= 0.6 is 0 Å². The van der Waals surface area contributed by atoms with Crippen LogP contribution in [0.1, 0.15) is 12.8 Å². The van der Waals surface area contributed by atoms with Crippen molar-refractivity contribution in [3.8, 4) is 0 Å². The molecule has 0 aromatic carbocycles. The maximum absolute atomic E-state index is 11.8. The molecule has 3 saturated heterocycles. The van der Waals surface area contributed by atoms with Gasteiger partial charge in [-0.25, -0.2) is 0 Å². The van der Waals surface area contributed by atoms with Gasteiger partial charge in [-0.2, -0.15) is 0 Å². The van der Waals surface area contributed by atoms with Crippen LogP contribution in [0, 0.1) is 0 Å². The van der Waals surface area contributed by atoms with Gasteiger partial charge in [0.1, 0.15) is 30.5 Å². The summed E-state index contributed by atoms with van der Waals surface area (Å²) >= 11 is 0. The van der Waals surface area contributed by atoms with Crippen molar-refractivity contribution in [2.24, 2.45) is 28.7 Å². The quantitative estimate of drug-likeness (QED) is 0.124. The molecule has 3 heterocycles. The Bertz CT molecular complexity index is 878. The van der Waals surface area contributed by atoms with Gasteiger partial charge in [0.05, 0.1) is 55.6 Å². The largest absolute Gasteiger partial charge is 0.394 e. The van der Waals surface area contributed by atoms with E-state index in [-0.39, 0.29) is 19.4 Å². The fourth-order valence-electron chi connectivity index (χ4n) is 5.92. The number of rotatable bonds is 8. The first-order chi connectivity index (χ1) is 19.4. The lowest BCUT2D eigenvalue weighted by Crippen LogP contribution is -2.71. The smallest absolute Gasteiger partial charge is 0.234 e. The van der Waals surface area contributed by atoms with Gasteiger partial charge in [-0.15, -0.1) is 0 Å². The summed E-state index contributed by atoms with van der Waals surface area (Å²) in [6.07, 6.45) is -12.5. The number of aliphatic hydroxyl groups excluding tert-OH is 5. The van der Waals surface area contributed by atoms with Gasteiger partial charge in [0, 0.05) is 12.1 Å². The summed E-state index contributed by atoms with van der Waals surface area (Å²) in [5.41, 5.74) is 29.9. The zero-order chi connectivity index (χ0) is 30.2. The van der Waals surface area contributed by atoms with Crippen LogP contribution in [0.4, 0.5) is 0 Å². The number of nitrogens with one attached hydrogen (secondary N) is 2. The van der Waals surface area contributed by atoms with Gasteiger partial charge in [0.15, 0.2) is 18.9 Å². The molecule has 4 rings (SSSR count). The Kier molecular flexibility index (Phi) is 10.9. The minimum Gasteiger partial charge on any atom is -0.394 e. The number of carbonyl (C=O) groups excluding carboxylic acids is 1. The molecule has 0 radical (unpaired) electrons. The lowest BCUT2D eigenvalue weighted by Gasteiger charge is -2.51. The van der Waals surface area contributed by atoms with Crippen LogP contribution in [0.5, 0.6) is 0 Å². The van der Waals surface area contributed by atoms with Crippen LogP contribution in [-0.4, -0.2) is 156 Å². The monoisotopic (exact) mass is 595 g/mol. The molecule has 11 unspecified atom stereocenters. The lowest BCUT2D eigenvalue weighted by molar-refractivity contribution is -0.372. The number of carbonyl (C=O) groups is 1. The van der Waals surface area contributed by atoms with Crippen molar-refractivity contribution in [2.75, 3.05) is 20.2 Å². The maximum atomic E-state index is 11.8. The van der Waals surface area contributed by atoms with Gasteiger partial charge in [-0.3, -0.25) is 4.79 Å². The molecule has 1 amide bonds. The minimum absolute atomic E-state index is 0.158. The molecular weight excluding hydrogens is 550 g/mol. The molecule has 17 atom stereocenters. The van der Waals surface area contributed by atoms with Crippen LogP contribution < -0.4 is 39.3 Å². The number of nitrogens with two attached hydrogens (primary N) is 5. The summed E-state index contributed by atoms with van der Waals surface area (Å²) in [4.78, 5) is 11.8. The van der Waals surface area contributed by atoms with Crippen LogP contribution in [0.25, 0.3) is 0 Å². The summed E-state index contributed by atoms with van der Waals surface area (Å²) < 4.78 is 29.6. The molecule has 0 aromatic heterocycles. The Morgan fingerprint density at radius 1 is 0.829 bits per heavy atom. The number of ether oxygens (including phenoxy) is 5. The van der Waals surface area contributed by atoms with E-state index in [4.69, 9.17) is 52.4 Å². The van der Waals surface area contributed by atoms with Gasteiger partial charge in [-0.05, 0) is 19.9 Å². The molecule has 0 aromatic rings. The van der Waals surface area contributed by atoms with E-state index in [9.17, 15) is 30.3 Å². The fraction of sp³-hybridized carbons (Fsp3) is 0.957. The SMILES string of the molecule is CNC1C(O[C@H]2OC(CO)[C@@H](NC(=O)CN)C(O)C2O)O[C@H]2CC(N)[C@@H](O[C@@H]3C(N)C[C@@H](N)C(O)C3N)OC2C1O. The lowest BCUT2D eigenvalue weighted by atomic mass is 9.83. The van der Waals surface area contributed by atoms with Crippen LogP contribution in [0.2, 0.25) is 0 Å². The number of amides is 1. The Labute approximate surface area is 236 Å². The van der Waals surface area contributed by atoms with Gasteiger partial charge in [0.2, 0.25) is 5.91 Å². The van der Waals surface area contributed by atoms with Crippen LogP contribution in [0.15, 0.2) is 0 Å². The van der Waals surface area contributed by atoms with Gasteiger partial charge in [-0.1, -0.05) is 0 Å². The molecule has 238 valence electrons. The molecule has 41 heavy (non-hydrogen) atoms. The standard InChI is InChI=1S/C23H45N7O11/c1-29-14-17(35)20-9(3-8(27)21(40-20)39-19-7(26)2-6(25)15(33)12(19)28)37-22(14)41-23-18(36)16(34)13(10(5-31)38-23)30-11(32)4-24/h6-10,12-23,29,31,33-36H,2-5,24-28H2,1H3,(H,30,32)/t6-,7?,8?,9+,10?,12?,13-,14?,15?,16?,17?,18?,19-,20?,21+,22?,23-/m1/s1. The van der Waals surface area contributed by atoms with Crippen molar-refractivity contribution in [3.63, 3.8) is 0 Å². The molecular formula is C23H45N7O11. The van der Waals surface area contributed by atoms with E-state index >= 15 is 0 Å². The Balaban J connectivity index is 1.43. The molecule has 18 heteroatoms. The molecule has 3 aliphatic heterocycles. The van der Waals surface area contributed by atoms with Crippen LogP contribution in [0.3, 0.4) is 0 Å². The molecule has 0 bridgehead atoms. The first-order valence-corrected chi connectivity index (χ1v) is 13.7. The van der Waals surface area contributed by atoms with Gasteiger partial charge in [0.25, 0.3) is 0 Å². The van der Waals surface area contributed by atoms with E-state index in [0.29, 0.717) is 0 Å². The van der Waals surface area contributed by atoms with E-state index < -0.39 is 116 Å². The number of aliphatic hydroxyl groups is 5. The third-order valence-corrected chi connectivity index (χ3v) is 8.29. The van der Waals surface area contributed by atoms with Crippen molar-refractivity contribution < 1.29 is 54.0 Å². The first kappa shape index (κ1) is 32.7. The summed E-state index contributed by atoms with van der Waals surface area (Å²) in [7, 11) is 1.54. The average Bonchev–Trinajstić information content (AvgIpc) is 2.94. The van der Waals surface area contributed by atoms with E-state index in [1.54, 1.807) is 7.05 Å². The van der Waals surface area contributed by atoms with Crippen molar-refractivity contribution >= 4 is 5.91 Å². The highest BCUT2D eigenvalue weighted by atomic mass is 16.8. The maximum Gasteiger partial charge on any atom is 0.234 e. The average molecular weight is 596 g/mol. The van der Waals surface area contributed by atoms with Crippen LogP contribution in [-0.2, 0) is 28.5 Å². The summed E-state index contributed by atoms with van der Waals surface area (Å²) in [6, 6.07) is -4.86. The van der Waals surface area contributed by atoms with Crippen molar-refractivity contribution in [1.82, 2.24) is 10.6 Å². The fourth-order valence-corrected chi connectivity index (χ4v) is 5.92. The first-order valence-electron chi connectivity index (χ1n) is 13.7. The Morgan fingerprint density at radius 3 is 2.17 bits per heavy atom. The molecule has 4 aliphatic rings. The topological polar surface area (TPSA) is 319 Å². The second-order valence-corrected chi connectivity index (χ2v) is 11.1. The second-order valence-electron chi connectivity index (χ2n) is 11.1. The Morgan fingerprint density at radius 2 is 1.54 bits per heavy atom. The zero-order valence-corrected chi connectivity index (χ0v) is 22.7. The summed E-state index contributed by atoms with van der Waals surface area (Å²) in [5.74, 6) is -0.620. The molecule has 1 aliphatic carbocycles.